The van der Waals surface area contributed by atoms with E-state index in [-0.39, 0.29) is 0 Å². The van der Waals surface area contributed by atoms with Gasteiger partial charge in [0.15, 0.2) is 5.58 Å². The van der Waals surface area contributed by atoms with Crippen molar-refractivity contribution in [3.63, 3.8) is 0 Å². The summed E-state index contributed by atoms with van der Waals surface area (Å²) in [7, 11) is 0. The highest BCUT2D eigenvalue weighted by atomic mass is 16.3. The standard InChI is InChI=1S/C32H41N3O/c1-2-3-4-5-6-7-8-12-16-28(25-33)32-34-31-29(17-13-18-30(31)36-32)27-20-23-35(24-21-27)22-19-26-14-10-9-11-15-26/h9-18,27-28H,2-8,19-24H2,1H3/b16-12+. The van der Waals surface area contributed by atoms with Crippen LogP contribution in [0, 0.1) is 11.3 Å². The molecule has 0 aliphatic carbocycles. The summed E-state index contributed by atoms with van der Waals surface area (Å²) in [4.78, 5) is 7.43. The van der Waals surface area contributed by atoms with Crippen LogP contribution in [-0.4, -0.2) is 29.5 Å². The van der Waals surface area contributed by atoms with Crippen molar-refractivity contribution in [2.24, 2.45) is 0 Å². The Labute approximate surface area is 217 Å². The highest BCUT2D eigenvalue weighted by Crippen LogP contribution is 2.34. The van der Waals surface area contributed by atoms with Crippen LogP contribution < -0.4 is 0 Å². The first-order valence-corrected chi connectivity index (χ1v) is 14.0. The van der Waals surface area contributed by atoms with Crippen LogP contribution in [0.25, 0.3) is 11.1 Å². The summed E-state index contributed by atoms with van der Waals surface area (Å²) in [6.07, 6.45) is 16.2. The van der Waals surface area contributed by atoms with Crippen molar-refractivity contribution in [1.29, 1.82) is 5.26 Å². The van der Waals surface area contributed by atoms with Crippen LogP contribution >= 0.6 is 0 Å². The second-order valence-electron chi connectivity index (χ2n) is 10.2. The van der Waals surface area contributed by atoms with Crippen molar-refractivity contribution in [3.05, 3.63) is 77.7 Å². The van der Waals surface area contributed by atoms with Crippen LogP contribution in [0.15, 0.2) is 65.1 Å². The van der Waals surface area contributed by atoms with Gasteiger partial charge in [0.1, 0.15) is 11.4 Å². The molecule has 4 nitrogen and oxygen atoms in total. The first kappa shape index (κ1) is 26.2. The van der Waals surface area contributed by atoms with E-state index >= 15 is 0 Å². The normalized spacial score (nSPS) is 16.0. The number of likely N-dealkylation sites (tertiary alicyclic amines) is 1. The summed E-state index contributed by atoms with van der Waals surface area (Å²) < 4.78 is 6.09. The molecule has 0 saturated carbocycles. The molecule has 1 aliphatic heterocycles. The molecular formula is C32H41N3O. The molecule has 36 heavy (non-hydrogen) atoms. The maximum Gasteiger partial charge on any atom is 0.216 e. The number of para-hydroxylation sites is 1. The minimum absolute atomic E-state index is 0.426. The number of hydrogen-bond donors (Lipinski definition) is 0. The van der Waals surface area contributed by atoms with Gasteiger partial charge >= 0.3 is 0 Å². The van der Waals surface area contributed by atoms with Crippen molar-refractivity contribution in [2.75, 3.05) is 19.6 Å². The Morgan fingerprint density at radius 3 is 2.58 bits per heavy atom. The highest BCUT2D eigenvalue weighted by molar-refractivity contribution is 5.77. The van der Waals surface area contributed by atoms with Gasteiger partial charge in [-0.05, 0) is 68.3 Å². The first-order chi connectivity index (χ1) is 17.8. The quantitative estimate of drug-likeness (QED) is 0.182. The molecule has 0 radical (unpaired) electrons. The van der Waals surface area contributed by atoms with Crippen molar-refractivity contribution in [2.45, 2.75) is 83.0 Å². The number of nitrogens with zero attached hydrogens (tertiary/aromatic N) is 3. The van der Waals surface area contributed by atoms with Gasteiger partial charge in [-0.25, -0.2) is 4.98 Å². The Hall–Kier alpha value is -2.90. The molecule has 2 heterocycles. The highest BCUT2D eigenvalue weighted by Gasteiger charge is 2.24. The van der Waals surface area contributed by atoms with Crippen LogP contribution in [0.1, 0.15) is 93.6 Å². The second-order valence-corrected chi connectivity index (χ2v) is 10.2. The molecule has 190 valence electrons. The molecule has 1 atom stereocenters. The Morgan fingerprint density at radius 2 is 1.81 bits per heavy atom. The molecule has 4 rings (SSSR count). The maximum atomic E-state index is 9.78. The summed E-state index contributed by atoms with van der Waals surface area (Å²) in [5.74, 6) is 0.591. The third-order valence-electron chi connectivity index (χ3n) is 7.51. The number of hydrogen-bond acceptors (Lipinski definition) is 4. The zero-order valence-electron chi connectivity index (χ0n) is 21.9. The summed E-state index contributed by atoms with van der Waals surface area (Å²) in [6, 6.07) is 19.4. The summed E-state index contributed by atoms with van der Waals surface area (Å²) >= 11 is 0. The molecular weight excluding hydrogens is 442 g/mol. The lowest BCUT2D eigenvalue weighted by Gasteiger charge is -2.32. The van der Waals surface area contributed by atoms with E-state index in [0.29, 0.717) is 11.8 Å². The average Bonchev–Trinajstić information content (AvgIpc) is 3.36. The lowest BCUT2D eigenvalue weighted by molar-refractivity contribution is 0.215. The number of allylic oxidation sites excluding steroid dienone is 2. The Balaban J connectivity index is 1.32. The van der Waals surface area contributed by atoms with E-state index in [1.54, 1.807) is 0 Å². The monoisotopic (exact) mass is 483 g/mol. The topological polar surface area (TPSA) is 53.1 Å². The van der Waals surface area contributed by atoms with Gasteiger partial charge in [0.2, 0.25) is 5.89 Å². The number of aromatic nitrogens is 1. The maximum absolute atomic E-state index is 9.78. The van der Waals surface area contributed by atoms with Crippen LogP contribution in [0.3, 0.4) is 0 Å². The second kappa shape index (κ2) is 14.0. The molecule has 0 amide bonds. The SMILES string of the molecule is CCCCCCCC/C=C/C(C#N)c1nc2c(C3CCN(CCc4ccccc4)CC3)cccc2o1. The molecule has 1 fully saturated rings. The fraction of sp³-hybridized carbons (Fsp3) is 0.500. The number of unbranched alkanes of at least 4 members (excludes halogenated alkanes) is 6. The fourth-order valence-electron chi connectivity index (χ4n) is 5.30. The molecule has 4 heteroatoms. The molecule has 1 unspecified atom stereocenters. The minimum atomic E-state index is -0.426. The molecule has 1 saturated heterocycles. The first-order valence-electron chi connectivity index (χ1n) is 14.0. The molecule has 1 aliphatic rings. The van der Waals surface area contributed by atoms with Crippen LogP contribution in [0.5, 0.6) is 0 Å². The molecule has 0 N–H and O–H groups in total. The number of benzene rings is 2. The summed E-state index contributed by atoms with van der Waals surface area (Å²) in [5, 5.41) is 9.78. The van der Waals surface area contributed by atoms with E-state index in [9.17, 15) is 5.26 Å². The molecule has 2 aromatic carbocycles. The predicted molar refractivity (Wildman–Crippen MR) is 148 cm³/mol. The lowest BCUT2D eigenvalue weighted by atomic mass is 9.88. The zero-order valence-corrected chi connectivity index (χ0v) is 21.9. The number of piperidine rings is 1. The van der Waals surface area contributed by atoms with Gasteiger partial charge in [-0.1, -0.05) is 93.6 Å². The van der Waals surface area contributed by atoms with Crippen molar-refractivity contribution in [1.82, 2.24) is 9.88 Å². The average molecular weight is 484 g/mol. The Morgan fingerprint density at radius 1 is 1.03 bits per heavy atom. The van der Waals surface area contributed by atoms with Gasteiger partial charge in [0, 0.05) is 6.54 Å². The molecule has 0 bridgehead atoms. The van der Waals surface area contributed by atoms with Gasteiger partial charge in [-0.15, -0.1) is 0 Å². The van der Waals surface area contributed by atoms with Crippen molar-refractivity contribution >= 4 is 11.1 Å². The Kier molecular flexibility index (Phi) is 10.2. The fourth-order valence-corrected chi connectivity index (χ4v) is 5.30. The lowest BCUT2D eigenvalue weighted by Crippen LogP contribution is -2.34. The van der Waals surface area contributed by atoms with Gasteiger partial charge in [-0.3, -0.25) is 0 Å². The van der Waals surface area contributed by atoms with Crippen LogP contribution in [-0.2, 0) is 6.42 Å². The third kappa shape index (κ3) is 7.31. The number of rotatable bonds is 13. The smallest absolute Gasteiger partial charge is 0.216 e. The van der Waals surface area contributed by atoms with E-state index in [4.69, 9.17) is 9.40 Å². The van der Waals surface area contributed by atoms with E-state index < -0.39 is 5.92 Å². The minimum Gasteiger partial charge on any atom is -0.439 e. The van der Waals surface area contributed by atoms with Crippen molar-refractivity contribution in [3.8, 4) is 6.07 Å². The van der Waals surface area contributed by atoms with Gasteiger partial charge in [0.05, 0.1) is 6.07 Å². The zero-order chi connectivity index (χ0) is 25.0. The molecule has 1 aromatic heterocycles. The van der Waals surface area contributed by atoms with Gasteiger partial charge in [0.25, 0.3) is 0 Å². The van der Waals surface area contributed by atoms with E-state index in [2.05, 4.69) is 66.4 Å². The largest absolute Gasteiger partial charge is 0.439 e. The van der Waals surface area contributed by atoms with E-state index in [1.807, 2.05) is 12.1 Å². The van der Waals surface area contributed by atoms with Crippen LogP contribution in [0.4, 0.5) is 0 Å². The summed E-state index contributed by atoms with van der Waals surface area (Å²) in [5.41, 5.74) is 4.43. The number of nitriles is 1. The van der Waals surface area contributed by atoms with E-state index in [0.717, 1.165) is 56.4 Å². The van der Waals surface area contributed by atoms with E-state index in [1.165, 1.54) is 49.7 Å². The van der Waals surface area contributed by atoms with Gasteiger partial charge in [-0.2, -0.15) is 5.26 Å². The summed E-state index contributed by atoms with van der Waals surface area (Å²) in [6.45, 7) is 5.59. The van der Waals surface area contributed by atoms with Gasteiger partial charge < -0.3 is 9.32 Å². The third-order valence-corrected chi connectivity index (χ3v) is 7.51. The molecule has 0 spiro atoms. The number of oxazole rings is 1. The van der Waals surface area contributed by atoms with Crippen LogP contribution in [0.2, 0.25) is 0 Å². The van der Waals surface area contributed by atoms with Crippen molar-refractivity contribution < 1.29 is 4.42 Å². The predicted octanol–water partition coefficient (Wildman–Crippen LogP) is 8.16. The Bertz CT molecular complexity index is 1120. The number of fused-ring (bicyclic) bond motifs is 1. The molecule has 3 aromatic rings.